The van der Waals surface area contributed by atoms with Crippen molar-refractivity contribution in [3.8, 4) is 17.2 Å². The standard InChI is InChI=1S/C25H24N2O7/c1-15-17-7-6-16(28)12-21(17)34-25(31)18(15)13-23(29)26-8-10-27(11-9-26)24(30)22-14-32-19-4-2-3-5-20(19)33-22/h2-7,12,22,28H,8-11,13-14H2,1H3/t22-/m1/s1. The quantitative estimate of drug-likeness (QED) is 0.589. The Morgan fingerprint density at radius 3 is 2.50 bits per heavy atom. The highest BCUT2D eigenvalue weighted by Crippen LogP contribution is 2.31. The van der Waals surface area contributed by atoms with Gasteiger partial charge >= 0.3 is 5.63 Å². The van der Waals surface area contributed by atoms with Crippen LogP contribution in [0.4, 0.5) is 0 Å². The number of amides is 2. The minimum atomic E-state index is -0.721. The highest BCUT2D eigenvalue weighted by Gasteiger charge is 2.33. The largest absolute Gasteiger partial charge is 0.508 e. The fourth-order valence-corrected chi connectivity index (χ4v) is 4.37. The molecule has 1 N–H and O–H groups in total. The molecule has 2 aliphatic heterocycles. The second-order valence-corrected chi connectivity index (χ2v) is 8.42. The molecule has 0 spiro atoms. The minimum Gasteiger partial charge on any atom is -0.508 e. The number of nitrogens with zero attached hydrogens (tertiary/aromatic N) is 2. The van der Waals surface area contributed by atoms with Crippen LogP contribution in [0.1, 0.15) is 11.1 Å². The fourth-order valence-electron chi connectivity index (χ4n) is 4.37. The molecule has 9 heteroatoms. The Hall–Kier alpha value is -4.01. The van der Waals surface area contributed by atoms with Gasteiger partial charge in [0.15, 0.2) is 11.5 Å². The first-order valence-corrected chi connectivity index (χ1v) is 11.1. The molecule has 0 bridgehead atoms. The molecular formula is C25H24N2O7. The number of aryl methyl sites for hydroxylation is 1. The third-order valence-corrected chi connectivity index (χ3v) is 6.33. The molecule has 1 aromatic heterocycles. The van der Waals surface area contributed by atoms with Crippen LogP contribution in [0.2, 0.25) is 0 Å². The summed E-state index contributed by atoms with van der Waals surface area (Å²) < 4.78 is 16.8. The molecule has 0 radical (unpaired) electrons. The number of rotatable bonds is 3. The number of ether oxygens (including phenoxy) is 2. The first-order valence-electron chi connectivity index (χ1n) is 11.1. The molecule has 1 fully saturated rings. The molecule has 0 saturated carbocycles. The smallest absolute Gasteiger partial charge is 0.340 e. The predicted molar refractivity (Wildman–Crippen MR) is 122 cm³/mol. The number of carbonyl (C=O) groups is 2. The van der Waals surface area contributed by atoms with Crippen LogP contribution in [0.25, 0.3) is 11.0 Å². The molecule has 0 unspecified atom stereocenters. The number of phenols is 1. The van der Waals surface area contributed by atoms with Gasteiger partial charge in [-0.3, -0.25) is 9.59 Å². The molecule has 1 atom stereocenters. The molecule has 3 heterocycles. The van der Waals surface area contributed by atoms with Crippen LogP contribution in [0, 0.1) is 6.92 Å². The Labute approximate surface area is 195 Å². The maximum absolute atomic E-state index is 12.9. The van der Waals surface area contributed by atoms with Gasteiger partial charge in [-0.25, -0.2) is 4.79 Å². The van der Waals surface area contributed by atoms with E-state index in [-0.39, 0.29) is 36.2 Å². The summed E-state index contributed by atoms with van der Waals surface area (Å²) in [6.45, 7) is 3.37. The molecule has 2 aromatic carbocycles. The Morgan fingerprint density at radius 2 is 1.74 bits per heavy atom. The molecular weight excluding hydrogens is 440 g/mol. The lowest BCUT2D eigenvalue weighted by molar-refractivity contribution is -0.146. The van der Waals surface area contributed by atoms with Crippen molar-refractivity contribution >= 4 is 22.8 Å². The van der Waals surface area contributed by atoms with Crippen molar-refractivity contribution in [1.29, 1.82) is 0 Å². The Morgan fingerprint density at radius 1 is 1.03 bits per heavy atom. The molecule has 3 aromatic rings. The Balaban J connectivity index is 1.22. The molecule has 0 aliphatic carbocycles. The lowest BCUT2D eigenvalue weighted by atomic mass is 10.0. The van der Waals surface area contributed by atoms with Gasteiger partial charge in [0, 0.05) is 37.6 Å². The molecule has 9 nitrogen and oxygen atoms in total. The summed E-state index contributed by atoms with van der Waals surface area (Å²) in [6.07, 6.45) is -0.809. The number of aromatic hydroxyl groups is 1. The van der Waals surface area contributed by atoms with E-state index in [2.05, 4.69) is 0 Å². The highest BCUT2D eigenvalue weighted by molar-refractivity contribution is 5.86. The second kappa shape index (κ2) is 8.74. The monoisotopic (exact) mass is 464 g/mol. The van der Waals surface area contributed by atoms with Crippen LogP contribution in [0.15, 0.2) is 51.7 Å². The van der Waals surface area contributed by atoms with E-state index in [0.717, 1.165) is 0 Å². The zero-order chi connectivity index (χ0) is 23.8. The summed E-state index contributed by atoms with van der Waals surface area (Å²) in [5.41, 5.74) is 0.645. The van der Waals surface area contributed by atoms with Gasteiger partial charge in [-0.15, -0.1) is 0 Å². The normalized spacial score (nSPS) is 17.6. The van der Waals surface area contributed by atoms with E-state index in [0.29, 0.717) is 54.2 Å². The number of hydrogen-bond acceptors (Lipinski definition) is 7. The molecule has 1 saturated heterocycles. The van der Waals surface area contributed by atoms with Crippen molar-refractivity contribution in [3.05, 3.63) is 64.0 Å². The highest BCUT2D eigenvalue weighted by atomic mass is 16.6. The van der Waals surface area contributed by atoms with Crippen molar-refractivity contribution in [3.63, 3.8) is 0 Å². The van der Waals surface area contributed by atoms with E-state index in [1.807, 2.05) is 12.1 Å². The van der Waals surface area contributed by atoms with Crippen LogP contribution in [0.5, 0.6) is 17.2 Å². The molecule has 5 rings (SSSR count). The number of piperazine rings is 1. The third-order valence-electron chi connectivity index (χ3n) is 6.33. The first kappa shape index (κ1) is 21.8. The average Bonchev–Trinajstić information content (AvgIpc) is 2.85. The Kier molecular flexibility index (Phi) is 5.61. The van der Waals surface area contributed by atoms with Gasteiger partial charge in [0.2, 0.25) is 12.0 Å². The van der Waals surface area contributed by atoms with Gasteiger partial charge in [-0.2, -0.15) is 0 Å². The average molecular weight is 464 g/mol. The van der Waals surface area contributed by atoms with Gasteiger partial charge < -0.3 is 28.8 Å². The lowest BCUT2D eigenvalue weighted by Crippen LogP contribution is -2.55. The van der Waals surface area contributed by atoms with Crippen LogP contribution in [-0.4, -0.2) is 65.6 Å². The van der Waals surface area contributed by atoms with E-state index in [4.69, 9.17) is 13.9 Å². The maximum atomic E-state index is 12.9. The van der Waals surface area contributed by atoms with Crippen molar-refractivity contribution in [1.82, 2.24) is 9.80 Å². The zero-order valence-electron chi connectivity index (χ0n) is 18.7. The van der Waals surface area contributed by atoms with Crippen LogP contribution in [-0.2, 0) is 16.0 Å². The van der Waals surface area contributed by atoms with Crippen molar-refractivity contribution in [2.24, 2.45) is 0 Å². The topological polar surface area (TPSA) is 110 Å². The summed E-state index contributed by atoms with van der Waals surface area (Å²) in [5, 5.41) is 10.3. The number of fused-ring (bicyclic) bond motifs is 2. The predicted octanol–water partition coefficient (Wildman–Crippen LogP) is 1.86. The van der Waals surface area contributed by atoms with Crippen molar-refractivity contribution in [2.75, 3.05) is 32.8 Å². The van der Waals surface area contributed by atoms with Crippen LogP contribution in [0.3, 0.4) is 0 Å². The van der Waals surface area contributed by atoms with Gasteiger partial charge in [0.05, 0.1) is 12.0 Å². The SMILES string of the molecule is Cc1c(CC(=O)N2CCN(C(=O)[C@H]3COc4ccccc4O3)CC2)c(=O)oc2cc(O)ccc12. The van der Waals surface area contributed by atoms with E-state index < -0.39 is 11.7 Å². The number of carbonyl (C=O) groups excluding carboxylic acids is 2. The van der Waals surface area contributed by atoms with Gasteiger partial charge in [-0.1, -0.05) is 12.1 Å². The van der Waals surface area contributed by atoms with Crippen LogP contribution < -0.4 is 15.1 Å². The molecule has 2 aliphatic rings. The zero-order valence-corrected chi connectivity index (χ0v) is 18.7. The summed E-state index contributed by atoms with van der Waals surface area (Å²) in [5.74, 6) is 0.788. The summed E-state index contributed by atoms with van der Waals surface area (Å²) in [7, 11) is 0. The number of hydrogen-bond donors (Lipinski definition) is 1. The summed E-state index contributed by atoms with van der Waals surface area (Å²) >= 11 is 0. The Bertz CT molecular complexity index is 1320. The van der Waals surface area contributed by atoms with E-state index in [1.165, 1.54) is 12.1 Å². The first-order chi connectivity index (χ1) is 16.4. The summed E-state index contributed by atoms with van der Waals surface area (Å²) in [6, 6.07) is 11.8. The summed E-state index contributed by atoms with van der Waals surface area (Å²) in [4.78, 5) is 41.7. The maximum Gasteiger partial charge on any atom is 0.340 e. The van der Waals surface area contributed by atoms with E-state index >= 15 is 0 Å². The van der Waals surface area contributed by atoms with Gasteiger partial charge in [0.25, 0.3) is 5.91 Å². The molecule has 2 amide bonds. The molecule has 34 heavy (non-hydrogen) atoms. The van der Waals surface area contributed by atoms with Crippen LogP contribution >= 0.6 is 0 Å². The van der Waals surface area contributed by atoms with Crippen molar-refractivity contribution in [2.45, 2.75) is 19.4 Å². The number of phenolic OH excluding ortho intramolecular Hbond substituents is 1. The lowest BCUT2D eigenvalue weighted by Gasteiger charge is -2.37. The van der Waals surface area contributed by atoms with E-state index in [1.54, 1.807) is 34.9 Å². The van der Waals surface area contributed by atoms with Crippen molar-refractivity contribution < 1.29 is 28.6 Å². The minimum absolute atomic E-state index is 0.000641. The number of para-hydroxylation sites is 2. The second-order valence-electron chi connectivity index (χ2n) is 8.42. The van der Waals surface area contributed by atoms with E-state index in [9.17, 15) is 19.5 Å². The van der Waals surface area contributed by atoms with Gasteiger partial charge in [-0.05, 0) is 36.8 Å². The molecule has 176 valence electrons. The third kappa shape index (κ3) is 4.05. The number of benzene rings is 2. The fraction of sp³-hybridized carbons (Fsp3) is 0.320. The van der Waals surface area contributed by atoms with Gasteiger partial charge in [0.1, 0.15) is 17.9 Å².